The van der Waals surface area contributed by atoms with Gasteiger partial charge in [0.25, 0.3) is 0 Å². The SMILES string of the molecule is CCCOc1ccc(C(=O)O)c(O)c1.CCCOc1ccc(C(=O)O)c(O)c1. The van der Waals surface area contributed by atoms with Gasteiger partial charge in [-0.05, 0) is 37.1 Å². The number of hydrogen-bond donors (Lipinski definition) is 4. The fourth-order valence-electron chi connectivity index (χ4n) is 2.00. The summed E-state index contributed by atoms with van der Waals surface area (Å²) in [7, 11) is 0. The zero-order chi connectivity index (χ0) is 21.1. The molecule has 0 aromatic heterocycles. The second-order valence-electron chi connectivity index (χ2n) is 5.67. The summed E-state index contributed by atoms with van der Waals surface area (Å²) in [5.41, 5.74) is -0.234. The average molecular weight is 392 g/mol. The number of phenols is 2. The predicted octanol–water partition coefficient (Wildman–Crippen LogP) is 3.76. The van der Waals surface area contributed by atoms with Gasteiger partial charge in [-0.3, -0.25) is 0 Å². The molecule has 28 heavy (non-hydrogen) atoms. The summed E-state index contributed by atoms with van der Waals surface area (Å²) in [6.07, 6.45) is 1.73. The first kappa shape index (κ1) is 22.6. The second-order valence-corrected chi connectivity index (χ2v) is 5.67. The van der Waals surface area contributed by atoms with Crippen LogP contribution in [0, 0.1) is 0 Å². The van der Waals surface area contributed by atoms with Crippen LogP contribution in [0.15, 0.2) is 36.4 Å². The molecule has 0 unspecified atom stereocenters. The Labute approximate surface area is 162 Å². The van der Waals surface area contributed by atoms with Crippen LogP contribution in [0.1, 0.15) is 47.4 Å². The smallest absolute Gasteiger partial charge is 0.339 e. The van der Waals surface area contributed by atoms with Crippen molar-refractivity contribution in [1.29, 1.82) is 0 Å². The maximum Gasteiger partial charge on any atom is 0.339 e. The molecule has 8 heteroatoms. The van der Waals surface area contributed by atoms with E-state index in [1.165, 1.54) is 36.4 Å². The molecule has 0 atom stereocenters. The molecule has 0 radical (unpaired) electrons. The number of carboxylic acids is 2. The molecule has 0 bridgehead atoms. The summed E-state index contributed by atoms with van der Waals surface area (Å²) in [6, 6.07) is 8.31. The van der Waals surface area contributed by atoms with Crippen molar-refractivity contribution < 1.29 is 39.5 Å². The molecule has 4 N–H and O–H groups in total. The normalized spacial score (nSPS) is 9.79. The Morgan fingerprint density at radius 2 is 1.11 bits per heavy atom. The van der Waals surface area contributed by atoms with Crippen LogP contribution in [-0.2, 0) is 0 Å². The Balaban J connectivity index is 0.000000280. The zero-order valence-electron chi connectivity index (χ0n) is 15.7. The van der Waals surface area contributed by atoms with Crippen LogP contribution in [0.3, 0.4) is 0 Å². The Morgan fingerprint density at radius 3 is 1.36 bits per heavy atom. The number of carbonyl (C=O) groups is 2. The number of benzene rings is 2. The first-order valence-corrected chi connectivity index (χ1v) is 8.68. The summed E-state index contributed by atoms with van der Waals surface area (Å²) in [4.78, 5) is 21.1. The molecule has 8 nitrogen and oxygen atoms in total. The molecule has 0 spiro atoms. The minimum atomic E-state index is -1.15. The van der Waals surface area contributed by atoms with E-state index in [9.17, 15) is 19.8 Å². The lowest BCUT2D eigenvalue weighted by molar-refractivity contribution is 0.0682. The number of aromatic hydroxyl groups is 2. The Morgan fingerprint density at radius 1 is 0.750 bits per heavy atom. The third-order valence-electron chi connectivity index (χ3n) is 3.34. The van der Waals surface area contributed by atoms with Gasteiger partial charge in [0.05, 0.1) is 13.2 Å². The van der Waals surface area contributed by atoms with Crippen molar-refractivity contribution in [3.05, 3.63) is 47.5 Å². The molecule has 0 heterocycles. The summed E-state index contributed by atoms with van der Waals surface area (Å²) < 4.78 is 10.4. The highest BCUT2D eigenvalue weighted by Gasteiger charge is 2.10. The van der Waals surface area contributed by atoms with E-state index in [-0.39, 0.29) is 22.6 Å². The van der Waals surface area contributed by atoms with Gasteiger partial charge in [-0.1, -0.05) is 13.8 Å². The highest BCUT2D eigenvalue weighted by Crippen LogP contribution is 2.24. The van der Waals surface area contributed by atoms with Crippen LogP contribution in [0.5, 0.6) is 23.0 Å². The number of carboxylic acid groups (broad SMARTS) is 2. The fraction of sp³-hybridized carbons (Fsp3) is 0.300. The van der Waals surface area contributed by atoms with Gasteiger partial charge in [0.1, 0.15) is 34.1 Å². The molecule has 0 saturated heterocycles. The Hall–Kier alpha value is -3.42. The lowest BCUT2D eigenvalue weighted by Crippen LogP contribution is -1.98. The van der Waals surface area contributed by atoms with Gasteiger partial charge in [0.2, 0.25) is 0 Å². The Bertz CT molecular complexity index is 733. The molecule has 0 fully saturated rings. The van der Waals surface area contributed by atoms with E-state index in [0.717, 1.165) is 12.8 Å². The Kier molecular flexibility index (Phi) is 9.15. The van der Waals surface area contributed by atoms with E-state index in [4.69, 9.17) is 19.7 Å². The van der Waals surface area contributed by atoms with Crippen LogP contribution < -0.4 is 9.47 Å². The lowest BCUT2D eigenvalue weighted by Gasteiger charge is -2.05. The highest BCUT2D eigenvalue weighted by molar-refractivity contribution is 5.91. The summed E-state index contributed by atoms with van der Waals surface area (Å²) in [6.45, 7) is 5.02. The first-order chi connectivity index (χ1) is 13.3. The van der Waals surface area contributed by atoms with Crippen molar-refractivity contribution in [1.82, 2.24) is 0 Å². The monoisotopic (exact) mass is 392 g/mol. The van der Waals surface area contributed by atoms with Gasteiger partial charge >= 0.3 is 11.9 Å². The van der Waals surface area contributed by atoms with E-state index in [1.54, 1.807) is 0 Å². The van der Waals surface area contributed by atoms with Crippen LogP contribution in [0.4, 0.5) is 0 Å². The van der Waals surface area contributed by atoms with Gasteiger partial charge < -0.3 is 29.9 Å². The molecule has 0 aliphatic rings. The molecule has 2 rings (SSSR count). The fourth-order valence-corrected chi connectivity index (χ4v) is 2.00. The van der Waals surface area contributed by atoms with Crippen LogP contribution >= 0.6 is 0 Å². The molecular formula is C20H24O8. The van der Waals surface area contributed by atoms with E-state index < -0.39 is 11.9 Å². The topological polar surface area (TPSA) is 134 Å². The summed E-state index contributed by atoms with van der Waals surface area (Å²) >= 11 is 0. The van der Waals surface area contributed by atoms with Crippen molar-refractivity contribution in [3.63, 3.8) is 0 Å². The largest absolute Gasteiger partial charge is 0.507 e. The van der Waals surface area contributed by atoms with Crippen molar-refractivity contribution in [2.45, 2.75) is 26.7 Å². The number of aromatic carboxylic acids is 2. The van der Waals surface area contributed by atoms with Crippen molar-refractivity contribution in [2.24, 2.45) is 0 Å². The van der Waals surface area contributed by atoms with E-state index in [0.29, 0.717) is 24.7 Å². The zero-order valence-corrected chi connectivity index (χ0v) is 15.7. The summed E-state index contributed by atoms with van der Waals surface area (Å²) in [5.74, 6) is -1.88. The van der Waals surface area contributed by atoms with Crippen LogP contribution in [0.25, 0.3) is 0 Å². The maximum absolute atomic E-state index is 10.5. The number of ether oxygens (including phenoxy) is 2. The van der Waals surface area contributed by atoms with Crippen molar-refractivity contribution >= 4 is 11.9 Å². The maximum atomic E-state index is 10.5. The quantitative estimate of drug-likeness (QED) is 0.534. The molecule has 152 valence electrons. The summed E-state index contributed by atoms with van der Waals surface area (Å²) in [5, 5.41) is 35.9. The molecule has 0 aliphatic heterocycles. The van der Waals surface area contributed by atoms with Crippen molar-refractivity contribution in [2.75, 3.05) is 13.2 Å². The third-order valence-corrected chi connectivity index (χ3v) is 3.34. The van der Waals surface area contributed by atoms with E-state index in [2.05, 4.69) is 0 Å². The minimum absolute atomic E-state index is 0.117. The third kappa shape index (κ3) is 7.06. The predicted molar refractivity (Wildman–Crippen MR) is 102 cm³/mol. The van der Waals surface area contributed by atoms with Gasteiger partial charge in [0.15, 0.2) is 0 Å². The van der Waals surface area contributed by atoms with Crippen molar-refractivity contribution in [3.8, 4) is 23.0 Å². The molecule has 0 saturated carbocycles. The minimum Gasteiger partial charge on any atom is -0.507 e. The second kappa shape index (κ2) is 11.3. The molecule has 0 aliphatic carbocycles. The highest BCUT2D eigenvalue weighted by atomic mass is 16.5. The first-order valence-electron chi connectivity index (χ1n) is 8.68. The number of rotatable bonds is 8. The van der Waals surface area contributed by atoms with Gasteiger partial charge in [0, 0.05) is 12.1 Å². The lowest BCUT2D eigenvalue weighted by atomic mass is 10.2. The van der Waals surface area contributed by atoms with Gasteiger partial charge in [-0.25, -0.2) is 9.59 Å². The van der Waals surface area contributed by atoms with Gasteiger partial charge in [-0.2, -0.15) is 0 Å². The molecule has 2 aromatic carbocycles. The van der Waals surface area contributed by atoms with Crippen LogP contribution in [-0.4, -0.2) is 45.6 Å². The van der Waals surface area contributed by atoms with E-state index in [1.807, 2.05) is 13.8 Å². The molecule has 0 amide bonds. The van der Waals surface area contributed by atoms with Gasteiger partial charge in [-0.15, -0.1) is 0 Å². The molecule has 2 aromatic rings. The number of hydrogen-bond acceptors (Lipinski definition) is 6. The standard InChI is InChI=1S/2C10H12O4/c2*1-2-5-14-7-3-4-8(10(12)13)9(11)6-7/h2*3-4,6,11H,2,5H2,1H3,(H,12,13). The van der Waals surface area contributed by atoms with E-state index >= 15 is 0 Å². The van der Waals surface area contributed by atoms with Crippen LogP contribution in [0.2, 0.25) is 0 Å². The average Bonchev–Trinajstić information content (AvgIpc) is 2.64. The molecular weight excluding hydrogens is 368 g/mol.